The van der Waals surface area contributed by atoms with Gasteiger partial charge in [0, 0.05) is 6.07 Å². The Kier molecular flexibility index (Phi) is 3.68. The standard InChI is InChI=1S/C10H13FN2O3/c1-5-3-7(11)8(4-9(5)14)13-10(15)16-6(2)12/h3-4,6,14H,12H2,1-2H3,(H,13,15). The van der Waals surface area contributed by atoms with Crippen LogP contribution < -0.4 is 11.1 Å². The van der Waals surface area contributed by atoms with Crippen LogP contribution >= 0.6 is 0 Å². The van der Waals surface area contributed by atoms with Gasteiger partial charge in [0.1, 0.15) is 17.8 Å². The van der Waals surface area contributed by atoms with Crippen LogP contribution in [-0.4, -0.2) is 17.4 Å². The first kappa shape index (κ1) is 12.3. The lowest BCUT2D eigenvalue weighted by Crippen LogP contribution is -2.26. The summed E-state index contributed by atoms with van der Waals surface area (Å²) in [7, 11) is 0. The van der Waals surface area contributed by atoms with Gasteiger partial charge in [-0.25, -0.2) is 9.18 Å². The van der Waals surface area contributed by atoms with Crippen molar-refractivity contribution in [2.45, 2.75) is 20.1 Å². The minimum atomic E-state index is -0.878. The highest BCUT2D eigenvalue weighted by Gasteiger charge is 2.11. The van der Waals surface area contributed by atoms with Crippen molar-refractivity contribution in [3.05, 3.63) is 23.5 Å². The zero-order valence-electron chi connectivity index (χ0n) is 8.95. The normalized spacial score (nSPS) is 12.0. The fraction of sp³-hybridized carbons (Fsp3) is 0.300. The number of phenolic OH excluding ortho intramolecular Hbond substituents is 1. The zero-order valence-corrected chi connectivity index (χ0v) is 8.95. The Morgan fingerprint density at radius 3 is 2.81 bits per heavy atom. The van der Waals surface area contributed by atoms with E-state index in [-0.39, 0.29) is 11.4 Å². The largest absolute Gasteiger partial charge is 0.508 e. The fourth-order valence-electron chi connectivity index (χ4n) is 1.07. The average Bonchev–Trinajstić information content (AvgIpc) is 2.12. The van der Waals surface area contributed by atoms with Gasteiger partial charge in [0.05, 0.1) is 5.69 Å². The van der Waals surface area contributed by atoms with E-state index in [0.29, 0.717) is 5.56 Å². The third-order valence-electron chi connectivity index (χ3n) is 1.82. The molecule has 1 unspecified atom stereocenters. The monoisotopic (exact) mass is 228 g/mol. The highest BCUT2D eigenvalue weighted by Crippen LogP contribution is 2.24. The van der Waals surface area contributed by atoms with E-state index in [0.717, 1.165) is 12.1 Å². The maximum atomic E-state index is 13.3. The SMILES string of the molecule is Cc1cc(F)c(NC(=O)OC(C)N)cc1O. The highest BCUT2D eigenvalue weighted by atomic mass is 19.1. The molecule has 0 spiro atoms. The minimum Gasteiger partial charge on any atom is -0.508 e. The van der Waals surface area contributed by atoms with Gasteiger partial charge in [-0.1, -0.05) is 0 Å². The van der Waals surface area contributed by atoms with Crippen LogP contribution in [0.15, 0.2) is 12.1 Å². The van der Waals surface area contributed by atoms with Crippen molar-refractivity contribution >= 4 is 11.8 Å². The van der Waals surface area contributed by atoms with Crippen LogP contribution in [0.2, 0.25) is 0 Å². The van der Waals surface area contributed by atoms with Crippen molar-refractivity contribution in [1.29, 1.82) is 0 Å². The molecule has 0 aliphatic carbocycles. The van der Waals surface area contributed by atoms with Crippen molar-refractivity contribution < 1.29 is 19.0 Å². The molecule has 1 atom stereocenters. The third kappa shape index (κ3) is 3.09. The van der Waals surface area contributed by atoms with Gasteiger partial charge in [0.15, 0.2) is 0 Å². The molecule has 0 fully saturated rings. The number of halogens is 1. The summed E-state index contributed by atoms with van der Waals surface area (Å²) in [6.45, 7) is 3.00. The number of aromatic hydroxyl groups is 1. The number of hydrogen-bond donors (Lipinski definition) is 3. The number of ether oxygens (including phenoxy) is 1. The summed E-state index contributed by atoms with van der Waals surface area (Å²) in [5.74, 6) is -0.769. The van der Waals surface area contributed by atoms with Crippen LogP contribution in [0.1, 0.15) is 12.5 Å². The molecular formula is C10H13FN2O3. The summed E-state index contributed by atoms with van der Waals surface area (Å²) in [6.07, 6.45) is -1.67. The molecule has 0 aromatic heterocycles. The molecule has 0 saturated heterocycles. The second-order valence-corrected chi connectivity index (χ2v) is 3.35. The number of aryl methyl sites for hydroxylation is 1. The Hall–Kier alpha value is -1.82. The summed E-state index contributed by atoms with van der Waals surface area (Å²) in [5.41, 5.74) is 5.43. The van der Waals surface area contributed by atoms with E-state index in [9.17, 15) is 14.3 Å². The second kappa shape index (κ2) is 4.80. The number of rotatable bonds is 2. The van der Waals surface area contributed by atoms with Crippen LogP contribution in [-0.2, 0) is 4.74 Å². The number of carbonyl (C=O) groups excluding carboxylic acids is 1. The number of nitrogens with two attached hydrogens (primary N) is 1. The average molecular weight is 228 g/mol. The quantitative estimate of drug-likeness (QED) is 0.672. The molecule has 0 heterocycles. The molecule has 1 rings (SSSR count). The Morgan fingerprint density at radius 1 is 1.62 bits per heavy atom. The second-order valence-electron chi connectivity index (χ2n) is 3.35. The van der Waals surface area contributed by atoms with Crippen molar-refractivity contribution in [2.75, 3.05) is 5.32 Å². The maximum absolute atomic E-state index is 13.3. The van der Waals surface area contributed by atoms with Gasteiger partial charge < -0.3 is 9.84 Å². The number of anilines is 1. The van der Waals surface area contributed by atoms with E-state index in [1.165, 1.54) is 6.92 Å². The third-order valence-corrected chi connectivity index (χ3v) is 1.82. The smallest absolute Gasteiger partial charge is 0.413 e. The zero-order chi connectivity index (χ0) is 12.3. The Bertz CT molecular complexity index is 407. The van der Waals surface area contributed by atoms with Crippen LogP contribution in [0.3, 0.4) is 0 Å². The summed E-state index contributed by atoms with van der Waals surface area (Å²) in [6, 6.07) is 2.21. The van der Waals surface area contributed by atoms with Gasteiger partial charge in [-0.05, 0) is 25.5 Å². The molecule has 0 radical (unpaired) electrons. The first-order valence-electron chi connectivity index (χ1n) is 4.62. The van der Waals surface area contributed by atoms with Gasteiger partial charge in [-0.2, -0.15) is 0 Å². The predicted octanol–water partition coefficient (Wildman–Crippen LogP) is 1.69. The Morgan fingerprint density at radius 2 is 2.25 bits per heavy atom. The first-order chi connectivity index (χ1) is 7.40. The molecule has 16 heavy (non-hydrogen) atoms. The molecule has 1 amide bonds. The van der Waals surface area contributed by atoms with Gasteiger partial charge in [0.2, 0.25) is 0 Å². The van der Waals surface area contributed by atoms with Gasteiger partial charge >= 0.3 is 6.09 Å². The van der Waals surface area contributed by atoms with Crippen molar-refractivity contribution in [3.63, 3.8) is 0 Å². The van der Waals surface area contributed by atoms with Crippen molar-refractivity contribution in [2.24, 2.45) is 5.73 Å². The van der Waals surface area contributed by atoms with E-state index in [2.05, 4.69) is 10.1 Å². The molecule has 6 heteroatoms. The van der Waals surface area contributed by atoms with E-state index >= 15 is 0 Å². The molecule has 5 nitrogen and oxygen atoms in total. The molecule has 0 bridgehead atoms. The topological polar surface area (TPSA) is 84.6 Å². The Balaban J connectivity index is 2.81. The molecule has 1 aromatic rings. The molecular weight excluding hydrogens is 215 g/mol. The van der Waals surface area contributed by atoms with E-state index in [4.69, 9.17) is 5.73 Å². The fourth-order valence-corrected chi connectivity index (χ4v) is 1.07. The summed E-state index contributed by atoms with van der Waals surface area (Å²) >= 11 is 0. The number of benzene rings is 1. The van der Waals surface area contributed by atoms with Gasteiger partial charge in [0.25, 0.3) is 0 Å². The lowest BCUT2D eigenvalue weighted by molar-refractivity contribution is 0.124. The lowest BCUT2D eigenvalue weighted by Gasteiger charge is -2.10. The summed E-state index contributed by atoms with van der Waals surface area (Å²) in [5, 5.41) is 11.5. The number of nitrogens with one attached hydrogen (secondary N) is 1. The number of carbonyl (C=O) groups is 1. The van der Waals surface area contributed by atoms with Crippen LogP contribution in [0.5, 0.6) is 5.75 Å². The molecule has 0 aliphatic heterocycles. The first-order valence-corrected chi connectivity index (χ1v) is 4.62. The molecule has 0 aliphatic rings. The van der Waals surface area contributed by atoms with E-state index in [1.807, 2.05) is 0 Å². The van der Waals surface area contributed by atoms with Gasteiger partial charge in [-0.15, -0.1) is 0 Å². The predicted molar refractivity (Wildman–Crippen MR) is 56.6 cm³/mol. The Labute approximate surface area is 92.0 Å². The number of amides is 1. The molecule has 0 saturated carbocycles. The molecule has 88 valence electrons. The van der Waals surface area contributed by atoms with Crippen LogP contribution in [0.4, 0.5) is 14.9 Å². The number of hydrogen-bond acceptors (Lipinski definition) is 4. The van der Waals surface area contributed by atoms with Crippen LogP contribution in [0, 0.1) is 12.7 Å². The lowest BCUT2D eigenvalue weighted by atomic mass is 10.2. The maximum Gasteiger partial charge on any atom is 0.413 e. The molecule has 1 aromatic carbocycles. The van der Waals surface area contributed by atoms with E-state index in [1.54, 1.807) is 6.92 Å². The van der Waals surface area contributed by atoms with Gasteiger partial charge in [-0.3, -0.25) is 11.1 Å². The summed E-state index contributed by atoms with van der Waals surface area (Å²) in [4.78, 5) is 11.1. The summed E-state index contributed by atoms with van der Waals surface area (Å²) < 4.78 is 17.9. The van der Waals surface area contributed by atoms with Crippen molar-refractivity contribution in [1.82, 2.24) is 0 Å². The van der Waals surface area contributed by atoms with E-state index < -0.39 is 18.1 Å². The minimum absolute atomic E-state index is 0.113. The van der Waals surface area contributed by atoms with Crippen LogP contribution in [0.25, 0.3) is 0 Å². The molecule has 4 N–H and O–H groups in total. The number of phenols is 1. The van der Waals surface area contributed by atoms with Crippen molar-refractivity contribution in [3.8, 4) is 5.75 Å². The highest BCUT2D eigenvalue weighted by molar-refractivity contribution is 5.85.